The number of hydrogen-bond donors (Lipinski definition) is 0. The third kappa shape index (κ3) is 5.60. The number of rotatable bonds is 5. The first-order chi connectivity index (χ1) is 14.4. The summed E-state index contributed by atoms with van der Waals surface area (Å²) >= 11 is 0. The average molecular weight is 415 g/mol. The van der Waals surface area contributed by atoms with Crippen LogP contribution in [-0.4, -0.2) is 51.9 Å². The third-order valence-electron chi connectivity index (χ3n) is 7.30. The number of piperazine rings is 1. The lowest BCUT2D eigenvalue weighted by Gasteiger charge is -2.43. The van der Waals surface area contributed by atoms with Crippen LogP contribution >= 0.6 is 0 Å². The summed E-state index contributed by atoms with van der Waals surface area (Å²) in [6.07, 6.45) is 13.8. The van der Waals surface area contributed by atoms with Crippen LogP contribution in [0.1, 0.15) is 84.6 Å². The van der Waals surface area contributed by atoms with Crippen LogP contribution in [0.3, 0.4) is 0 Å². The van der Waals surface area contributed by atoms with Crippen LogP contribution in [0.15, 0.2) is 12.4 Å². The van der Waals surface area contributed by atoms with Gasteiger partial charge in [0.25, 0.3) is 0 Å². The Morgan fingerprint density at radius 3 is 2.07 bits per heavy atom. The molecule has 5 nitrogen and oxygen atoms in total. The fraction of sp³-hybridized carbons (Fsp3) is 0.800. The number of nitrogens with zero attached hydrogens (tertiary/aromatic N) is 4. The Morgan fingerprint density at radius 2 is 1.57 bits per heavy atom. The summed E-state index contributed by atoms with van der Waals surface area (Å²) in [5.41, 5.74) is 1.13. The van der Waals surface area contributed by atoms with E-state index in [1.807, 2.05) is 33.2 Å². The summed E-state index contributed by atoms with van der Waals surface area (Å²) in [5.74, 6) is 2.08. The van der Waals surface area contributed by atoms with E-state index in [1.54, 1.807) is 0 Å². The van der Waals surface area contributed by atoms with Crippen LogP contribution in [0.25, 0.3) is 0 Å². The summed E-state index contributed by atoms with van der Waals surface area (Å²) in [6.45, 7) is 13.0. The molecule has 4 rings (SSSR count). The molecule has 30 heavy (non-hydrogen) atoms. The molecule has 3 heterocycles. The van der Waals surface area contributed by atoms with E-state index in [1.165, 1.54) is 51.6 Å². The molecule has 1 aromatic heterocycles. The fourth-order valence-corrected chi connectivity index (χ4v) is 5.26. The lowest BCUT2D eigenvalue weighted by Crippen LogP contribution is -2.56. The van der Waals surface area contributed by atoms with Gasteiger partial charge in [0.1, 0.15) is 5.78 Å². The van der Waals surface area contributed by atoms with Crippen molar-refractivity contribution in [1.82, 2.24) is 14.9 Å². The zero-order chi connectivity index (χ0) is 21.7. The van der Waals surface area contributed by atoms with Gasteiger partial charge in [-0.3, -0.25) is 9.69 Å². The lowest BCUT2D eigenvalue weighted by molar-refractivity contribution is -0.126. The predicted octanol–water partition coefficient (Wildman–Crippen LogP) is 5.03. The molecule has 5 heteroatoms. The second-order valence-electron chi connectivity index (χ2n) is 9.96. The molecule has 1 aliphatic carbocycles. The number of aryl methyl sites for hydroxylation is 1. The van der Waals surface area contributed by atoms with Crippen molar-refractivity contribution in [2.45, 2.75) is 104 Å². The molecule has 1 saturated carbocycles. The maximum absolute atomic E-state index is 11.5. The smallest absolute Gasteiger partial charge is 0.225 e. The number of aromatic nitrogens is 2. The van der Waals surface area contributed by atoms with E-state index in [9.17, 15) is 4.79 Å². The molecule has 2 bridgehead atoms. The van der Waals surface area contributed by atoms with Gasteiger partial charge in [0, 0.05) is 55.4 Å². The summed E-state index contributed by atoms with van der Waals surface area (Å²) < 4.78 is 0. The molecule has 3 atom stereocenters. The molecule has 1 aromatic rings. The number of Topliss-reactive ketones (excluding diaryl/α,β-unsaturated/α-hetero) is 1. The van der Waals surface area contributed by atoms with Crippen molar-refractivity contribution in [3.05, 3.63) is 18.0 Å². The Bertz CT molecular complexity index is 654. The fourth-order valence-electron chi connectivity index (χ4n) is 5.26. The van der Waals surface area contributed by atoms with Crippen LogP contribution in [0.5, 0.6) is 0 Å². The summed E-state index contributed by atoms with van der Waals surface area (Å²) in [7, 11) is 0. The largest absolute Gasteiger partial charge is 0.332 e. The quantitative estimate of drug-likeness (QED) is 0.676. The summed E-state index contributed by atoms with van der Waals surface area (Å²) in [4.78, 5) is 25.7. The molecule has 0 N–H and O–H groups in total. The van der Waals surface area contributed by atoms with Crippen molar-refractivity contribution in [3.63, 3.8) is 0 Å². The first kappa shape index (κ1) is 23.2. The molecule has 0 spiro atoms. The second kappa shape index (κ2) is 10.7. The number of carbonyl (C=O) groups excluding carboxylic acids is 1. The van der Waals surface area contributed by atoms with Gasteiger partial charge in [0.2, 0.25) is 5.95 Å². The van der Waals surface area contributed by atoms with Crippen LogP contribution in [-0.2, 0) is 4.79 Å². The topological polar surface area (TPSA) is 49.3 Å². The highest BCUT2D eigenvalue weighted by molar-refractivity contribution is 5.82. The SMILES string of the molecule is CC(C)C(=O)C1CCCCC1.CCC(C)N1CC2CCC(C1)N2c1ncc(C)cn1. The molecule has 3 fully saturated rings. The highest BCUT2D eigenvalue weighted by Gasteiger charge is 2.41. The molecular weight excluding hydrogens is 372 g/mol. The van der Waals surface area contributed by atoms with E-state index in [4.69, 9.17) is 0 Å². The van der Waals surface area contributed by atoms with E-state index < -0.39 is 0 Å². The highest BCUT2D eigenvalue weighted by Crippen LogP contribution is 2.33. The standard InChI is InChI=1S/C15H24N4.C10H18O/c1-4-12(3)18-9-13-5-6-14(10-18)19(13)15-16-7-11(2)8-17-15;1-8(2)10(11)9-6-4-3-5-7-9/h7-8,12-14H,4-6,9-10H2,1-3H3;8-9H,3-7H2,1-2H3. The van der Waals surface area contributed by atoms with Gasteiger partial charge in [-0.15, -0.1) is 0 Å². The molecule has 3 aliphatic rings. The van der Waals surface area contributed by atoms with Crippen molar-refractivity contribution in [2.75, 3.05) is 18.0 Å². The zero-order valence-corrected chi connectivity index (χ0v) is 19.8. The van der Waals surface area contributed by atoms with Crippen molar-refractivity contribution in [3.8, 4) is 0 Å². The first-order valence-corrected chi connectivity index (χ1v) is 12.2. The van der Waals surface area contributed by atoms with Crippen molar-refractivity contribution >= 4 is 11.7 Å². The maximum atomic E-state index is 11.5. The van der Waals surface area contributed by atoms with Gasteiger partial charge < -0.3 is 4.90 Å². The molecule has 0 aromatic carbocycles. The van der Waals surface area contributed by atoms with Gasteiger partial charge in [0.15, 0.2) is 0 Å². The Labute approximate surface area is 183 Å². The van der Waals surface area contributed by atoms with Gasteiger partial charge in [-0.25, -0.2) is 9.97 Å². The second-order valence-corrected chi connectivity index (χ2v) is 9.96. The van der Waals surface area contributed by atoms with Gasteiger partial charge in [-0.1, -0.05) is 40.0 Å². The highest BCUT2D eigenvalue weighted by atomic mass is 16.1. The number of likely N-dealkylation sites (tertiary alicyclic amines) is 1. The summed E-state index contributed by atoms with van der Waals surface area (Å²) in [5, 5.41) is 0. The number of anilines is 1. The van der Waals surface area contributed by atoms with Gasteiger partial charge in [0.05, 0.1) is 0 Å². The molecule has 3 unspecified atom stereocenters. The van der Waals surface area contributed by atoms with E-state index in [2.05, 4.69) is 33.6 Å². The lowest BCUT2D eigenvalue weighted by atomic mass is 9.83. The van der Waals surface area contributed by atoms with Crippen LogP contribution in [0.2, 0.25) is 0 Å². The Morgan fingerprint density at radius 1 is 1.00 bits per heavy atom. The van der Waals surface area contributed by atoms with E-state index in [0.717, 1.165) is 24.4 Å². The average Bonchev–Trinajstić information content (AvgIpc) is 3.03. The van der Waals surface area contributed by atoms with Crippen LogP contribution in [0.4, 0.5) is 5.95 Å². The molecule has 0 amide bonds. The van der Waals surface area contributed by atoms with Gasteiger partial charge >= 0.3 is 0 Å². The molecule has 2 saturated heterocycles. The molecule has 2 aliphatic heterocycles. The minimum atomic E-state index is 0.248. The van der Waals surface area contributed by atoms with Crippen LogP contribution < -0.4 is 4.90 Å². The predicted molar refractivity (Wildman–Crippen MR) is 124 cm³/mol. The minimum Gasteiger partial charge on any atom is -0.332 e. The van der Waals surface area contributed by atoms with E-state index in [-0.39, 0.29) is 5.92 Å². The molecular formula is C25H42N4O. The van der Waals surface area contributed by atoms with E-state index >= 15 is 0 Å². The Balaban J connectivity index is 0.000000199. The van der Waals surface area contributed by atoms with Crippen molar-refractivity contribution in [2.24, 2.45) is 11.8 Å². The first-order valence-electron chi connectivity index (χ1n) is 12.2. The van der Waals surface area contributed by atoms with Gasteiger partial charge in [-0.05, 0) is 51.5 Å². The number of fused-ring (bicyclic) bond motifs is 2. The minimum absolute atomic E-state index is 0.248. The monoisotopic (exact) mass is 414 g/mol. The number of hydrogen-bond acceptors (Lipinski definition) is 5. The summed E-state index contributed by atoms with van der Waals surface area (Å²) in [6, 6.07) is 1.91. The Hall–Kier alpha value is -1.49. The third-order valence-corrected chi connectivity index (χ3v) is 7.30. The van der Waals surface area contributed by atoms with E-state index in [0.29, 0.717) is 29.8 Å². The van der Waals surface area contributed by atoms with Crippen molar-refractivity contribution in [1.29, 1.82) is 0 Å². The Kier molecular flexibility index (Phi) is 8.27. The zero-order valence-electron chi connectivity index (χ0n) is 19.8. The number of ketones is 1. The van der Waals surface area contributed by atoms with Crippen LogP contribution in [0, 0.1) is 18.8 Å². The maximum Gasteiger partial charge on any atom is 0.225 e. The number of carbonyl (C=O) groups is 1. The molecule has 168 valence electrons. The van der Waals surface area contributed by atoms with Crippen molar-refractivity contribution < 1.29 is 4.79 Å². The molecule has 0 radical (unpaired) electrons. The normalized spacial score (nSPS) is 25.7. The van der Waals surface area contributed by atoms with Gasteiger partial charge in [-0.2, -0.15) is 0 Å².